The van der Waals surface area contributed by atoms with E-state index in [9.17, 15) is 4.79 Å². The molecule has 0 atom stereocenters. The van der Waals surface area contributed by atoms with Gasteiger partial charge in [0.05, 0.1) is 19.1 Å². The fraction of sp³-hybridized carbons (Fsp3) is 0.227. The van der Waals surface area contributed by atoms with Gasteiger partial charge < -0.3 is 14.5 Å². The summed E-state index contributed by atoms with van der Waals surface area (Å²) < 4.78 is 11.3. The highest BCUT2D eigenvalue weighted by molar-refractivity contribution is 7.98. The first-order valence-corrected chi connectivity index (χ1v) is 9.86. The van der Waals surface area contributed by atoms with Crippen LogP contribution >= 0.6 is 11.8 Å². The van der Waals surface area contributed by atoms with E-state index in [-0.39, 0.29) is 5.91 Å². The number of methoxy groups -OCH3 is 1. The molecule has 1 amide bonds. The second-order valence-corrected chi connectivity index (χ2v) is 7.24. The van der Waals surface area contributed by atoms with Crippen LogP contribution in [0, 0.1) is 13.8 Å². The van der Waals surface area contributed by atoms with Gasteiger partial charge in [0, 0.05) is 27.5 Å². The number of benzene rings is 2. The molecule has 0 radical (unpaired) electrons. The van der Waals surface area contributed by atoms with E-state index in [0.29, 0.717) is 0 Å². The van der Waals surface area contributed by atoms with Crippen molar-refractivity contribution in [3.05, 3.63) is 59.4 Å². The third-order valence-electron chi connectivity index (χ3n) is 4.58. The van der Waals surface area contributed by atoms with Crippen molar-refractivity contribution in [1.82, 2.24) is 0 Å². The fourth-order valence-corrected chi connectivity index (χ4v) is 3.74. The van der Waals surface area contributed by atoms with Crippen molar-refractivity contribution in [2.75, 3.05) is 18.7 Å². The van der Waals surface area contributed by atoms with E-state index in [2.05, 4.69) is 5.32 Å². The van der Waals surface area contributed by atoms with E-state index in [0.717, 1.165) is 49.6 Å². The number of carbonyl (C=O) groups excluding carboxylic acids is 1. The molecule has 4 nitrogen and oxygen atoms in total. The number of carbonyl (C=O) groups is 1. The van der Waals surface area contributed by atoms with Gasteiger partial charge in [-0.1, -0.05) is 12.1 Å². The van der Waals surface area contributed by atoms with Crippen LogP contribution in [-0.2, 0) is 4.79 Å². The van der Waals surface area contributed by atoms with Gasteiger partial charge in [-0.2, -0.15) is 0 Å². The van der Waals surface area contributed by atoms with Crippen molar-refractivity contribution in [1.29, 1.82) is 0 Å². The van der Waals surface area contributed by atoms with Gasteiger partial charge in [0.2, 0.25) is 5.91 Å². The lowest BCUT2D eigenvalue weighted by Crippen LogP contribution is -2.09. The van der Waals surface area contributed by atoms with Crippen LogP contribution in [0.15, 0.2) is 52.0 Å². The summed E-state index contributed by atoms with van der Waals surface area (Å²) in [7, 11) is 1.63. The van der Waals surface area contributed by atoms with Gasteiger partial charge in [-0.25, -0.2) is 0 Å². The van der Waals surface area contributed by atoms with E-state index in [1.54, 1.807) is 31.2 Å². The van der Waals surface area contributed by atoms with Crippen LogP contribution in [0.1, 0.15) is 23.6 Å². The molecular weight excluding hydrogens is 358 g/mol. The Kier molecular flexibility index (Phi) is 5.61. The molecule has 3 aromatic rings. The van der Waals surface area contributed by atoms with Crippen LogP contribution in [0.2, 0.25) is 0 Å². The largest absolute Gasteiger partial charge is 0.496 e. The first kappa shape index (κ1) is 19.1. The first-order valence-electron chi connectivity index (χ1n) is 8.64. The maximum atomic E-state index is 12.6. The van der Waals surface area contributed by atoms with Crippen molar-refractivity contribution in [2.24, 2.45) is 0 Å². The highest BCUT2D eigenvalue weighted by Crippen LogP contribution is 2.37. The van der Waals surface area contributed by atoms with E-state index >= 15 is 0 Å². The SMILES string of the molecule is COc1c(/C(C)=C/C(=O)Nc2ccccc2SC)cc2c(C)coc2c1C. The number of hydrogen-bond donors (Lipinski definition) is 1. The molecule has 0 saturated heterocycles. The Morgan fingerprint density at radius 3 is 2.70 bits per heavy atom. The maximum Gasteiger partial charge on any atom is 0.248 e. The molecule has 0 aliphatic carbocycles. The van der Waals surface area contributed by atoms with Crippen molar-refractivity contribution >= 4 is 39.9 Å². The smallest absolute Gasteiger partial charge is 0.248 e. The Hall–Kier alpha value is -2.66. The Morgan fingerprint density at radius 2 is 2.00 bits per heavy atom. The van der Waals surface area contributed by atoms with Gasteiger partial charge in [-0.3, -0.25) is 4.79 Å². The van der Waals surface area contributed by atoms with Crippen LogP contribution in [-0.4, -0.2) is 19.3 Å². The summed E-state index contributed by atoms with van der Waals surface area (Å²) in [5, 5.41) is 3.99. The third kappa shape index (κ3) is 3.74. The minimum Gasteiger partial charge on any atom is -0.496 e. The molecule has 140 valence electrons. The molecule has 0 fully saturated rings. The van der Waals surface area contributed by atoms with E-state index in [1.807, 2.05) is 57.4 Å². The summed E-state index contributed by atoms with van der Waals surface area (Å²) in [6.45, 7) is 5.89. The Morgan fingerprint density at radius 1 is 1.26 bits per heavy atom. The molecule has 0 aliphatic heterocycles. The van der Waals surface area contributed by atoms with E-state index in [4.69, 9.17) is 9.15 Å². The van der Waals surface area contributed by atoms with Gasteiger partial charge in [0.25, 0.3) is 0 Å². The summed E-state index contributed by atoms with van der Waals surface area (Å²) in [6, 6.07) is 9.78. The summed E-state index contributed by atoms with van der Waals surface area (Å²) >= 11 is 1.60. The number of amides is 1. The summed E-state index contributed by atoms with van der Waals surface area (Å²) in [6.07, 6.45) is 5.34. The van der Waals surface area contributed by atoms with Gasteiger partial charge in [0.15, 0.2) is 0 Å². The van der Waals surface area contributed by atoms with E-state index in [1.165, 1.54) is 0 Å². The molecule has 0 bridgehead atoms. The van der Waals surface area contributed by atoms with Crippen LogP contribution in [0.4, 0.5) is 5.69 Å². The van der Waals surface area contributed by atoms with Crippen LogP contribution in [0.3, 0.4) is 0 Å². The number of para-hydroxylation sites is 1. The molecule has 5 heteroatoms. The second-order valence-electron chi connectivity index (χ2n) is 6.39. The highest BCUT2D eigenvalue weighted by Gasteiger charge is 2.17. The molecule has 0 saturated carbocycles. The number of anilines is 1. The Labute approximate surface area is 163 Å². The standard InChI is InChI=1S/C22H23NO3S/c1-13(10-20(24)23-18-8-6-7-9-19(18)27-5)16-11-17-14(2)12-26-22(17)15(3)21(16)25-4/h6-12H,1-5H3,(H,23,24)/b13-10+. The van der Waals surface area contributed by atoms with Crippen molar-refractivity contribution in [3.63, 3.8) is 0 Å². The van der Waals surface area contributed by atoms with Gasteiger partial charge >= 0.3 is 0 Å². The molecule has 0 unspecified atom stereocenters. The minimum absolute atomic E-state index is 0.169. The lowest BCUT2D eigenvalue weighted by atomic mass is 9.98. The normalized spacial score (nSPS) is 11.7. The third-order valence-corrected chi connectivity index (χ3v) is 5.37. The number of rotatable bonds is 5. The first-order chi connectivity index (χ1) is 13.0. The molecule has 1 heterocycles. The molecule has 0 aliphatic rings. The number of furan rings is 1. The molecule has 1 aromatic heterocycles. The quantitative estimate of drug-likeness (QED) is 0.447. The zero-order chi connectivity index (χ0) is 19.6. The van der Waals surface area contributed by atoms with Crippen molar-refractivity contribution in [2.45, 2.75) is 25.7 Å². The molecule has 0 spiro atoms. The predicted octanol–water partition coefficient (Wildman–Crippen LogP) is 5.82. The number of nitrogens with one attached hydrogen (secondary N) is 1. The van der Waals surface area contributed by atoms with Gasteiger partial charge in [0.1, 0.15) is 11.3 Å². The van der Waals surface area contributed by atoms with Crippen LogP contribution < -0.4 is 10.1 Å². The molecule has 1 N–H and O–H groups in total. The molecular formula is C22H23NO3S. The average molecular weight is 381 g/mol. The minimum atomic E-state index is -0.169. The lowest BCUT2D eigenvalue weighted by molar-refractivity contribution is -0.111. The topological polar surface area (TPSA) is 51.5 Å². The van der Waals surface area contributed by atoms with Crippen LogP contribution in [0.25, 0.3) is 16.5 Å². The number of hydrogen-bond acceptors (Lipinski definition) is 4. The second kappa shape index (κ2) is 7.92. The van der Waals surface area contributed by atoms with E-state index < -0.39 is 0 Å². The number of thioether (sulfide) groups is 1. The molecule has 2 aromatic carbocycles. The van der Waals surface area contributed by atoms with Crippen LogP contribution in [0.5, 0.6) is 5.75 Å². The summed E-state index contributed by atoms with van der Waals surface area (Å²) in [5.41, 5.74) is 5.33. The van der Waals surface area contributed by atoms with Crippen molar-refractivity contribution < 1.29 is 13.9 Å². The predicted molar refractivity (Wildman–Crippen MR) is 113 cm³/mol. The number of fused-ring (bicyclic) bond motifs is 1. The average Bonchev–Trinajstić information content (AvgIpc) is 3.03. The Bertz CT molecular complexity index is 1030. The summed E-state index contributed by atoms with van der Waals surface area (Å²) in [4.78, 5) is 13.6. The number of aryl methyl sites for hydroxylation is 2. The van der Waals surface area contributed by atoms with Gasteiger partial charge in [-0.15, -0.1) is 11.8 Å². The maximum absolute atomic E-state index is 12.6. The monoisotopic (exact) mass is 381 g/mol. The number of ether oxygens (including phenoxy) is 1. The molecule has 27 heavy (non-hydrogen) atoms. The zero-order valence-electron chi connectivity index (χ0n) is 16.2. The van der Waals surface area contributed by atoms with Crippen molar-refractivity contribution in [3.8, 4) is 5.75 Å². The van der Waals surface area contributed by atoms with Gasteiger partial charge in [-0.05, 0) is 56.4 Å². The number of allylic oxidation sites excluding steroid dienone is 1. The highest BCUT2D eigenvalue weighted by atomic mass is 32.2. The Balaban J connectivity index is 1.98. The fourth-order valence-electron chi connectivity index (χ4n) is 3.19. The zero-order valence-corrected chi connectivity index (χ0v) is 17.0. The lowest BCUT2D eigenvalue weighted by Gasteiger charge is -2.13. The molecule has 3 rings (SSSR count). The summed E-state index contributed by atoms with van der Waals surface area (Å²) in [5.74, 6) is 0.556.